The predicted octanol–water partition coefficient (Wildman–Crippen LogP) is 5.22. The van der Waals surface area contributed by atoms with Crippen LogP contribution < -0.4 is 5.32 Å². The van der Waals surface area contributed by atoms with Crippen LogP contribution in [0.1, 0.15) is 40.7 Å². The Labute approximate surface area is 167 Å². The summed E-state index contributed by atoms with van der Waals surface area (Å²) in [5.41, 5.74) is 4.49. The second kappa shape index (κ2) is 7.24. The van der Waals surface area contributed by atoms with E-state index < -0.39 is 0 Å². The van der Waals surface area contributed by atoms with Crippen LogP contribution in [0.25, 0.3) is 10.2 Å². The van der Waals surface area contributed by atoms with Crippen molar-refractivity contribution in [2.45, 2.75) is 57.2 Å². The second-order valence-electron chi connectivity index (χ2n) is 7.18. The summed E-state index contributed by atoms with van der Waals surface area (Å²) in [6.07, 6.45) is 3.44. The lowest BCUT2D eigenvalue weighted by Crippen LogP contribution is -2.23. The van der Waals surface area contributed by atoms with Crippen molar-refractivity contribution in [2.75, 3.05) is 5.32 Å². The minimum atomic E-state index is -0.237. The maximum Gasteiger partial charge on any atom is 0.237 e. The van der Waals surface area contributed by atoms with Crippen LogP contribution in [0.15, 0.2) is 23.2 Å². The standard InChI is InChI=1S/C21H23N3OS2/c1-11-8-9-12(2)16(10-11)24-19(25)13(3)26-20-18-15-6-5-7-17(15)27-21(18)23-14(4)22-20/h8-10,13H,5-7H2,1-4H3,(H,24,25)/t13-/m0/s1. The third kappa shape index (κ3) is 3.60. The molecule has 3 aromatic rings. The number of nitrogens with one attached hydrogen (secondary N) is 1. The summed E-state index contributed by atoms with van der Waals surface area (Å²) in [5.74, 6) is 0.775. The third-order valence-electron chi connectivity index (χ3n) is 4.95. The van der Waals surface area contributed by atoms with Gasteiger partial charge in [0.15, 0.2) is 0 Å². The molecule has 2 aromatic heterocycles. The van der Waals surface area contributed by atoms with E-state index in [0.717, 1.165) is 45.3 Å². The molecule has 0 saturated heterocycles. The average Bonchev–Trinajstić information content (AvgIpc) is 3.18. The lowest BCUT2D eigenvalue weighted by molar-refractivity contribution is -0.115. The van der Waals surface area contributed by atoms with E-state index in [1.54, 1.807) is 11.3 Å². The molecule has 4 nitrogen and oxygen atoms in total. The molecule has 0 spiro atoms. The number of benzene rings is 1. The first kappa shape index (κ1) is 18.4. The molecule has 0 unspecified atom stereocenters. The fraction of sp³-hybridized carbons (Fsp3) is 0.381. The van der Waals surface area contributed by atoms with E-state index in [1.165, 1.54) is 34.0 Å². The molecule has 1 atom stereocenters. The van der Waals surface area contributed by atoms with Crippen molar-refractivity contribution in [1.82, 2.24) is 9.97 Å². The number of hydrogen-bond acceptors (Lipinski definition) is 5. The number of carbonyl (C=O) groups is 1. The van der Waals surface area contributed by atoms with Gasteiger partial charge in [0, 0.05) is 16.0 Å². The summed E-state index contributed by atoms with van der Waals surface area (Å²) in [5, 5.41) is 4.96. The van der Waals surface area contributed by atoms with E-state index in [0.29, 0.717) is 0 Å². The lowest BCUT2D eigenvalue weighted by Gasteiger charge is -2.14. The number of amides is 1. The van der Waals surface area contributed by atoms with Gasteiger partial charge >= 0.3 is 0 Å². The van der Waals surface area contributed by atoms with Crippen molar-refractivity contribution < 1.29 is 4.79 Å². The fourth-order valence-corrected chi connectivity index (χ4v) is 5.87. The number of hydrogen-bond donors (Lipinski definition) is 1. The van der Waals surface area contributed by atoms with Crippen molar-refractivity contribution in [3.63, 3.8) is 0 Å². The highest BCUT2D eigenvalue weighted by Gasteiger charge is 2.24. The zero-order chi connectivity index (χ0) is 19.1. The number of fused-ring (bicyclic) bond motifs is 3. The molecule has 0 fully saturated rings. The second-order valence-corrected chi connectivity index (χ2v) is 9.59. The zero-order valence-corrected chi connectivity index (χ0v) is 17.7. The summed E-state index contributed by atoms with van der Waals surface area (Å²) in [6, 6.07) is 6.11. The van der Waals surface area contributed by atoms with Gasteiger partial charge in [0.2, 0.25) is 5.91 Å². The Balaban J connectivity index is 1.60. The molecule has 2 heterocycles. The molecule has 1 amide bonds. The van der Waals surface area contributed by atoms with Crippen LogP contribution in [-0.2, 0) is 17.6 Å². The topological polar surface area (TPSA) is 54.9 Å². The Morgan fingerprint density at radius 3 is 2.85 bits per heavy atom. The average molecular weight is 398 g/mol. The monoisotopic (exact) mass is 397 g/mol. The highest BCUT2D eigenvalue weighted by Crippen LogP contribution is 2.41. The van der Waals surface area contributed by atoms with Gasteiger partial charge in [0.25, 0.3) is 0 Å². The molecular formula is C21H23N3OS2. The number of nitrogens with zero attached hydrogens (tertiary/aromatic N) is 2. The van der Waals surface area contributed by atoms with E-state index in [4.69, 9.17) is 4.98 Å². The maximum atomic E-state index is 12.8. The van der Waals surface area contributed by atoms with Crippen LogP contribution in [0.5, 0.6) is 0 Å². The van der Waals surface area contributed by atoms with Crippen molar-refractivity contribution in [2.24, 2.45) is 0 Å². The van der Waals surface area contributed by atoms with Crippen LogP contribution >= 0.6 is 23.1 Å². The normalized spacial score (nSPS) is 14.4. The first-order valence-corrected chi connectivity index (χ1v) is 11.0. The van der Waals surface area contributed by atoms with Crippen molar-refractivity contribution >= 4 is 44.9 Å². The van der Waals surface area contributed by atoms with E-state index in [-0.39, 0.29) is 11.2 Å². The Bertz CT molecular complexity index is 1040. The van der Waals surface area contributed by atoms with Crippen molar-refractivity contribution in [3.8, 4) is 0 Å². The molecular weight excluding hydrogens is 374 g/mol. The van der Waals surface area contributed by atoms with Gasteiger partial charge in [-0.25, -0.2) is 9.97 Å². The van der Waals surface area contributed by atoms with Crippen LogP contribution in [0, 0.1) is 20.8 Å². The molecule has 4 rings (SSSR count). The first-order chi connectivity index (χ1) is 12.9. The maximum absolute atomic E-state index is 12.8. The molecule has 1 aliphatic carbocycles. The Morgan fingerprint density at radius 1 is 1.22 bits per heavy atom. The van der Waals surface area contributed by atoms with Crippen molar-refractivity contribution in [1.29, 1.82) is 0 Å². The number of thioether (sulfide) groups is 1. The van der Waals surface area contributed by atoms with E-state index in [1.807, 2.05) is 39.8 Å². The molecule has 0 radical (unpaired) electrons. The Kier molecular flexibility index (Phi) is 4.95. The van der Waals surface area contributed by atoms with E-state index in [2.05, 4.69) is 16.4 Å². The molecule has 1 aromatic carbocycles. The van der Waals surface area contributed by atoms with Crippen LogP contribution in [0.3, 0.4) is 0 Å². The molecule has 1 N–H and O–H groups in total. The molecule has 6 heteroatoms. The summed E-state index contributed by atoms with van der Waals surface area (Å²) in [4.78, 5) is 24.6. The van der Waals surface area contributed by atoms with Gasteiger partial charge < -0.3 is 5.32 Å². The number of carbonyl (C=O) groups excluding carboxylic acids is 1. The lowest BCUT2D eigenvalue weighted by atomic mass is 10.1. The van der Waals surface area contributed by atoms with E-state index >= 15 is 0 Å². The largest absolute Gasteiger partial charge is 0.325 e. The first-order valence-electron chi connectivity index (χ1n) is 9.26. The number of anilines is 1. The summed E-state index contributed by atoms with van der Waals surface area (Å²) < 4.78 is 0. The van der Waals surface area contributed by atoms with Gasteiger partial charge in [0.05, 0.1) is 5.25 Å². The van der Waals surface area contributed by atoms with E-state index in [9.17, 15) is 4.79 Å². The molecule has 0 bridgehead atoms. The molecule has 1 aliphatic rings. The van der Waals surface area contributed by atoms with Crippen molar-refractivity contribution in [3.05, 3.63) is 45.6 Å². The van der Waals surface area contributed by atoms with Gasteiger partial charge in [0.1, 0.15) is 15.7 Å². The van der Waals surface area contributed by atoms with Crippen LogP contribution in [-0.4, -0.2) is 21.1 Å². The summed E-state index contributed by atoms with van der Waals surface area (Å²) in [7, 11) is 0. The van der Waals surface area contributed by atoms with Crippen LogP contribution in [0.2, 0.25) is 0 Å². The summed E-state index contributed by atoms with van der Waals surface area (Å²) >= 11 is 3.33. The quantitative estimate of drug-likeness (QED) is 0.484. The molecule has 27 heavy (non-hydrogen) atoms. The van der Waals surface area contributed by atoms with Gasteiger partial charge in [-0.3, -0.25) is 4.79 Å². The predicted molar refractivity (Wildman–Crippen MR) is 114 cm³/mol. The fourth-order valence-electron chi connectivity index (χ4n) is 3.48. The van der Waals surface area contributed by atoms with Gasteiger partial charge in [-0.2, -0.15) is 0 Å². The molecule has 0 saturated carbocycles. The smallest absolute Gasteiger partial charge is 0.237 e. The summed E-state index contributed by atoms with van der Waals surface area (Å²) in [6.45, 7) is 7.92. The number of rotatable bonds is 4. The van der Waals surface area contributed by atoms with Gasteiger partial charge in [-0.1, -0.05) is 23.9 Å². The number of thiophene rings is 1. The Morgan fingerprint density at radius 2 is 2.04 bits per heavy atom. The molecule has 140 valence electrons. The third-order valence-corrected chi connectivity index (χ3v) is 7.22. The SMILES string of the molecule is Cc1ccc(C)c(NC(=O)[C@H](C)Sc2nc(C)nc3sc4c(c23)CCC4)c1. The minimum absolute atomic E-state index is 0.00462. The highest BCUT2D eigenvalue weighted by molar-refractivity contribution is 8.00. The number of aromatic nitrogens is 2. The Hall–Kier alpha value is -1.92. The zero-order valence-electron chi connectivity index (χ0n) is 16.0. The van der Waals surface area contributed by atoms with Crippen LogP contribution in [0.4, 0.5) is 5.69 Å². The molecule has 0 aliphatic heterocycles. The van der Waals surface area contributed by atoms with Gasteiger partial charge in [-0.05, 0) is 69.7 Å². The minimum Gasteiger partial charge on any atom is -0.325 e. The van der Waals surface area contributed by atoms with Gasteiger partial charge in [-0.15, -0.1) is 11.3 Å². The number of aryl methyl sites for hydroxylation is 5. The highest BCUT2D eigenvalue weighted by atomic mass is 32.2.